The van der Waals surface area contributed by atoms with Gasteiger partial charge in [-0.25, -0.2) is 0 Å². The van der Waals surface area contributed by atoms with Gasteiger partial charge in [0.1, 0.15) is 5.75 Å². The van der Waals surface area contributed by atoms with E-state index in [0.29, 0.717) is 30.1 Å². The van der Waals surface area contributed by atoms with Crippen molar-refractivity contribution in [2.75, 3.05) is 33.0 Å². The van der Waals surface area contributed by atoms with Gasteiger partial charge < -0.3 is 20.1 Å². The maximum Gasteiger partial charge on any atom is 0.310 e. The van der Waals surface area contributed by atoms with Gasteiger partial charge in [0, 0.05) is 24.8 Å². The van der Waals surface area contributed by atoms with E-state index in [4.69, 9.17) is 15.2 Å². The van der Waals surface area contributed by atoms with Gasteiger partial charge >= 0.3 is 5.97 Å². The molecule has 2 atom stereocenters. The Morgan fingerprint density at radius 1 is 1.29 bits per heavy atom. The topological polar surface area (TPSA) is 81.9 Å². The predicted octanol–water partition coefficient (Wildman–Crippen LogP) is 1.16. The molecule has 2 N–H and O–H groups in total. The average Bonchev–Trinajstić information content (AvgIpc) is 2.87. The van der Waals surface area contributed by atoms with Crippen molar-refractivity contribution in [1.82, 2.24) is 4.90 Å². The van der Waals surface area contributed by atoms with Crippen LogP contribution in [0.4, 0.5) is 5.69 Å². The number of carbonyl (C=O) groups excluding carboxylic acids is 2. The van der Waals surface area contributed by atoms with Crippen LogP contribution in [0.25, 0.3) is 0 Å². The van der Waals surface area contributed by atoms with Crippen molar-refractivity contribution >= 4 is 17.6 Å². The summed E-state index contributed by atoms with van der Waals surface area (Å²) in [7, 11) is 2.86. The number of ether oxygens (including phenoxy) is 2. The number of methoxy groups -OCH3 is 2. The van der Waals surface area contributed by atoms with Crippen molar-refractivity contribution in [3.05, 3.63) is 23.8 Å². The monoisotopic (exact) mass is 292 g/mol. The van der Waals surface area contributed by atoms with Crippen molar-refractivity contribution in [2.24, 2.45) is 11.8 Å². The lowest BCUT2D eigenvalue weighted by Crippen LogP contribution is -2.30. The van der Waals surface area contributed by atoms with Gasteiger partial charge in [0.25, 0.3) is 5.91 Å². The molecule has 0 spiro atoms. The van der Waals surface area contributed by atoms with E-state index in [1.165, 1.54) is 14.2 Å². The minimum absolute atomic E-state index is 0.0705. The molecule has 2 unspecified atom stereocenters. The molecule has 6 heteroatoms. The molecule has 1 aliphatic heterocycles. The van der Waals surface area contributed by atoms with E-state index in [-0.39, 0.29) is 23.7 Å². The fourth-order valence-corrected chi connectivity index (χ4v) is 2.65. The number of amides is 1. The number of nitrogens with zero attached hydrogens (tertiary/aromatic N) is 1. The summed E-state index contributed by atoms with van der Waals surface area (Å²) in [5.74, 6) is -0.207. The molecule has 1 fully saturated rings. The molecule has 2 rings (SSSR count). The number of nitrogen functional groups attached to an aromatic ring is 1. The molecule has 21 heavy (non-hydrogen) atoms. The van der Waals surface area contributed by atoms with Gasteiger partial charge in [0.2, 0.25) is 0 Å². The SMILES string of the molecule is COC(=O)C1CN(C(=O)c2ccc(N)cc2OC)CC1C. The molecular weight excluding hydrogens is 272 g/mol. The number of anilines is 1. The minimum Gasteiger partial charge on any atom is -0.496 e. The highest BCUT2D eigenvalue weighted by atomic mass is 16.5. The van der Waals surface area contributed by atoms with Crippen molar-refractivity contribution in [2.45, 2.75) is 6.92 Å². The number of carbonyl (C=O) groups is 2. The molecule has 0 bridgehead atoms. The van der Waals surface area contributed by atoms with Crippen LogP contribution in [0.5, 0.6) is 5.75 Å². The van der Waals surface area contributed by atoms with Crippen molar-refractivity contribution in [1.29, 1.82) is 0 Å². The first-order chi connectivity index (χ1) is 9.97. The highest BCUT2D eigenvalue weighted by molar-refractivity contribution is 5.98. The third-order valence-electron chi connectivity index (χ3n) is 3.86. The van der Waals surface area contributed by atoms with Crippen molar-refractivity contribution < 1.29 is 19.1 Å². The molecule has 1 saturated heterocycles. The van der Waals surface area contributed by atoms with Gasteiger partial charge in [-0.1, -0.05) is 6.92 Å². The van der Waals surface area contributed by atoms with E-state index in [2.05, 4.69) is 0 Å². The highest BCUT2D eigenvalue weighted by Gasteiger charge is 2.38. The zero-order chi connectivity index (χ0) is 15.6. The molecule has 6 nitrogen and oxygen atoms in total. The lowest BCUT2D eigenvalue weighted by Gasteiger charge is -2.18. The third kappa shape index (κ3) is 2.94. The summed E-state index contributed by atoms with van der Waals surface area (Å²) in [6, 6.07) is 4.92. The Hall–Kier alpha value is -2.24. The minimum atomic E-state index is -0.279. The summed E-state index contributed by atoms with van der Waals surface area (Å²) >= 11 is 0. The number of esters is 1. The van der Waals surface area contributed by atoms with E-state index >= 15 is 0 Å². The first-order valence-electron chi connectivity index (χ1n) is 6.78. The number of benzene rings is 1. The molecule has 1 aliphatic rings. The van der Waals surface area contributed by atoms with Gasteiger partial charge in [-0.2, -0.15) is 0 Å². The summed E-state index contributed by atoms with van der Waals surface area (Å²) in [5.41, 5.74) is 6.67. The van der Waals surface area contributed by atoms with Crippen LogP contribution in [-0.2, 0) is 9.53 Å². The average molecular weight is 292 g/mol. The second-order valence-electron chi connectivity index (χ2n) is 5.28. The molecule has 0 aliphatic carbocycles. The Morgan fingerprint density at radius 3 is 2.62 bits per heavy atom. The first-order valence-corrected chi connectivity index (χ1v) is 6.78. The van der Waals surface area contributed by atoms with Gasteiger partial charge in [-0.15, -0.1) is 0 Å². The Labute approximate surface area is 123 Å². The second-order valence-corrected chi connectivity index (χ2v) is 5.28. The fourth-order valence-electron chi connectivity index (χ4n) is 2.65. The molecule has 0 saturated carbocycles. The van der Waals surface area contributed by atoms with Gasteiger partial charge in [-0.05, 0) is 18.1 Å². The predicted molar refractivity (Wildman–Crippen MR) is 78.0 cm³/mol. The number of likely N-dealkylation sites (tertiary alicyclic amines) is 1. The summed E-state index contributed by atoms with van der Waals surface area (Å²) < 4.78 is 9.99. The molecule has 1 amide bonds. The third-order valence-corrected chi connectivity index (χ3v) is 3.86. The lowest BCUT2D eigenvalue weighted by molar-refractivity contribution is -0.146. The van der Waals surface area contributed by atoms with Crippen LogP contribution in [0.1, 0.15) is 17.3 Å². The molecule has 0 aromatic heterocycles. The molecular formula is C15H20N2O4. The molecule has 1 aromatic rings. The number of nitrogens with two attached hydrogens (primary N) is 1. The summed E-state index contributed by atoms with van der Waals surface area (Å²) in [4.78, 5) is 25.9. The van der Waals surface area contributed by atoms with E-state index < -0.39 is 0 Å². The molecule has 1 aromatic carbocycles. The zero-order valence-electron chi connectivity index (χ0n) is 12.5. The van der Waals surface area contributed by atoms with Crippen LogP contribution in [0, 0.1) is 11.8 Å². The van der Waals surface area contributed by atoms with Gasteiger partial charge in [0.15, 0.2) is 0 Å². The number of hydrogen-bond acceptors (Lipinski definition) is 5. The summed E-state index contributed by atoms with van der Waals surface area (Å²) in [5, 5.41) is 0. The van der Waals surface area contributed by atoms with Crippen LogP contribution in [0.3, 0.4) is 0 Å². The van der Waals surface area contributed by atoms with Crippen LogP contribution in [0.15, 0.2) is 18.2 Å². The van der Waals surface area contributed by atoms with E-state index in [1.54, 1.807) is 23.1 Å². The summed E-state index contributed by atoms with van der Waals surface area (Å²) in [6.07, 6.45) is 0. The van der Waals surface area contributed by atoms with Crippen molar-refractivity contribution in [3.63, 3.8) is 0 Å². The second kappa shape index (κ2) is 6.03. The summed E-state index contributed by atoms with van der Waals surface area (Å²) in [6.45, 7) is 2.82. The fraction of sp³-hybridized carbons (Fsp3) is 0.467. The first kappa shape index (κ1) is 15.2. The van der Waals surface area contributed by atoms with Gasteiger partial charge in [0.05, 0.1) is 25.7 Å². The van der Waals surface area contributed by atoms with E-state index in [1.807, 2.05) is 6.92 Å². The zero-order valence-corrected chi connectivity index (χ0v) is 12.5. The maximum absolute atomic E-state index is 12.6. The molecule has 0 radical (unpaired) electrons. The smallest absolute Gasteiger partial charge is 0.310 e. The highest BCUT2D eigenvalue weighted by Crippen LogP contribution is 2.29. The lowest BCUT2D eigenvalue weighted by atomic mass is 9.99. The normalized spacial score (nSPS) is 21.2. The maximum atomic E-state index is 12.6. The number of rotatable bonds is 3. The van der Waals surface area contributed by atoms with Crippen LogP contribution in [-0.4, -0.2) is 44.1 Å². The van der Waals surface area contributed by atoms with Crippen LogP contribution >= 0.6 is 0 Å². The molecule has 114 valence electrons. The number of hydrogen-bond donors (Lipinski definition) is 1. The van der Waals surface area contributed by atoms with E-state index in [9.17, 15) is 9.59 Å². The van der Waals surface area contributed by atoms with E-state index in [0.717, 1.165) is 0 Å². The van der Waals surface area contributed by atoms with Gasteiger partial charge in [-0.3, -0.25) is 9.59 Å². The Bertz CT molecular complexity index is 559. The van der Waals surface area contributed by atoms with Crippen LogP contribution < -0.4 is 10.5 Å². The van der Waals surface area contributed by atoms with Crippen LogP contribution in [0.2, 0.25) is 0 Å². The Kier molecular flexibility index (Phi) is 4.35. The van der Waals surface area contributed by atoms with Crippen molar-refractivity contribution in [3.8, 4) is 5.75 Å². The standard InChI is InChI=1S/C15H20N2O4/c1-9-7-17(8-12(9)15(19)21-3)14(18)11-5-4-10(16)6-13(11)20-2/h4-6,9,12H,7-8,16H2,1-3H3. The Morgan fingerprint density at radius 2 is 2.00 bits per heavy atom. The Balaban J connectivity index is 2.20. The quantitative estimate of drug-likeness (QED) is 0.668. The molecule has 1 heterocycles. The largest absolute Gasteiger partial charge is 0.496 e.